The number of alkyl halides is 3. The van der Waals surface area contributed by atoms with E-state index >= 15 is 0 Å². The van der Waals surface area contributed by atoms with Crippen molar-refractivity contribution in [2.75, 3.05) is 0 Å². The van der Waals surface area contributed by atoms with Crippen molar-refractivity contribution in [3.8, 4) is 0 Å². The van der Waals surface area contributed by atoms with Crippen LogP contribution in [0.1, 0.15) is 50.2 Å². The highest BCUT2D eigenvalue weighted by Gasteiger charge is 2.48. The Hall–Kier alpha value is -1.70. The average Bonchev–Trinajstić information content (AvgIpc) is 2.46. The van der Waals surface area contributed by atoms with Gasteiger partial charge in [-0.1, -0.05) is 0 Å². The second-order valence-corrected chi connectivity index (χ2v) is 6.07. The molecule has 1 aliphatic carbocycles. The van der Waals surface area contributed by atoms with E-state index in [1.165, 1.54) is 0 Å². The van der Waals surface area contributed by atoms with Crippen molar-refractivity contribution >= 4 is 5.91 Å². The molecule has 1 atom stereocenters. The minimum absolute atomic E-state index is 0.196. The van der Waals surface area contributed by atoms with Gasteiger partial charge in [0.2, 0.25) is 0 Å². The number of halogens is 3. The largest absolute Gasteiger partial charge is 0.391 e. The Morgan fingerprint density at radius 2 is 2.04 bits per heavy atom. The molecule has 5 nitrogen and oxygen atoms in total. The monoisotopic (exact) mass is 331 g/mol. The van der Waals surface area contributed by atoms with E-state index in [2.05, 4.69) is 15.3 Å². The molecule has 8 heteroatoms. The van der Waals surface area contributed by atoms with Crippen molar-refractivity contribution in [3.05, 3.63) is 23.8 Å². The summed E-state index contributed by atoms with van der Waals surface area (Å²) < 4.78 is 38.0. The lowest BCUT2D eigenvalue weighted by atomic mass is 9.78. The van der Waals surface area contributed by atoms with Gasteiger partial charge in [0.25, 0.3) is 5.91 Å². The summed E-state index contributed by atoms with van der Waals surface area (Å²) in [5, 5.41) is 13.0. The van der Waals surface area contributed by atoms with Crippen LogP contribution in [-0.4, -0.2) is 32.8 Å². The second kappa shape index (κ2) is 6.43. The van der Waals surface area contributed by atoms with E-state index in [4.69, 9.17) is 0 Å². The topological polar surface area (TPSA) is 75.1 Å². The molecular formula is C15H20F3N3O2. The predicted octanol–water partition coefficient (Wildman–Crippen LogP) is 2.45. The summed E-state index contributed by atoms with van der Waals surface area (Å²) in [4.78, 5) is 20.4. The minimum Gasteiger partial charge on any atom is -0.380 e. The highest BCUT2D eigenvalue weighted by atomic mass is 19.4. The van der Waals surface area contributed by atoms with Crippen molar-refractivity contribution in [1.29, 1.82) is 0 Å². The number of aryl methyl sites for hydroxylation is 1. The highest BCUT2D eigenvalue weighted by molar-refractivity contribution is 5.85. The molecule has 0 aliphatic heterocycles. The number of hydrogen-bond donors (Lipinski definition) is 2. The summed E-state index contributed by atoms with van der Waals surface area (Å²) in [6, 6.07) is 1.18. The minimum atomic E-state index is -4.27. The van der Waals surface area contributed by atoms with Gasteiger partial charge in [-0.3, -0.25) is 4.79 Å². The molecule has 1 saturated carbocycles. The Balaban J connectivity index is 1.98. The third kappa shape index (κ3) is 4.19. The van der Waals surface area contributed by atoms with Gasteiger partial charge in [-0.15, -0.1) is 0 Å². The summed E-state index contributed by atoms with van der Waals surface area (Å²) in [5.74, 6) is -1.55. The molecule has 0 unspecified atom stereocenters. The van der Waals surface area contributed by atoms with Crippen LogP contribution in [0.15, 0.2) is 12.3 Å². The fourth-order valence-corrected chi connectivity index (χ4v) is 2.77. The summed E-state index contributed by atoms with van der Waals surface area (Å²) in [5.41, 5.74) is -1.17. The van der Waals surface area contributed by atoms with Crippen molar-refractivity contribution in [2.24, 2.45) is 5.92 Å². The molecule has 1 heterocycles. The first kappa shape index (κ1) is 17.7. The molecule has 0 radical (unpaired) electrons. The Bertz CT molecular complexity index is 569. The Morgan fingerprint density at radius 3 is 2.57 bits per heavy atom. The molecule has 23 heavy (non-hydrogen) atoms. The van der Waals surface area contributed by atoms with E-state index in [9.17, 15) is 23.1 Å². The van der Waals surface area contributed by atoms with Crippen LogP contribution in [-0.2, 0) is 4.79 Å². The van der Waals surface area contributed by atoms with Crippen LogP contribution in [0, 0.1) is 12.8 Å². The molecular weight excluding hydrogens is 311 g/mol. The number of amides is 1. The molecule has 1 fully saturated rings. The van der Waals surface area contributed by atoms with Crippen LogP contribution in [0.25, 0.3) is 0 Å². The molecule has 2 rings (SSSR count). The van der Waals surface area contributed by atoms with E-state index in [-0.39, 0.29) is 25.7 Å². The van der Waals surface area contributed by atoms with E-state index in [0.29, 0.717) is 11.5 Å². The van der Waals surface area contributed by atoms with Gasteiger partial charge < -0.3 is 10.4 Å². The first-order chi connectivity index (χ1) is 10.6. The number of nitrogens with one attached hydrogen (secondary N) is 1. The maximum Gasteiger partial charge on any atom is 0.391 e. The molecule has 128 valence electrons. The van der Waals surface area contributed by atoms with E-state index in [0.717, 1.165) is 0 Å². The lowest BCUT2D eigenvalue weighted by Gasteiger charge is -2.36. The first-order valence-electron chi connectivity index (χ1n) is 7.51. The maximum absolute atomic E-state index is 12.7. The lowest BCUT2D eigenvalue weighted by Crippen LogP contribution is -2.50. The number of hydrogen-bond acceptors (Lipinski definition) is 4. The SMILES string of the molecule is Cc1nccc([C@H](C)NC(=O)C2(O)CCC(C(F)(F)F)CC2)n1. The normalized spacial score (nSPS) is 26.6. The third-order valence-electron chi connectivity index (χ3n) is 4.29. The maximum atomic E-state index is 12.7. The first-order valence-corrected chi connectivity index (χ1v) is 7.51. The number of nitrogens with zero attached hydrogens (tertiary/aromatic N) is 2. The van der Waals surface area contributed by atoms with Crippen LogP contribution in [0.5, 0.6) is 0 Å². The van der Waals surface area contributed by atoms with Crippen molar-refractivity contribution < 1.29 is 23.1 Å². The van der Waals surface area contributed by atoms with Crippen LogP contribution in [0.2, 0.25) is 0 Å². The zero-order valence-corrected chi connectivity index (χ0v) is 13.0. The standard InChI is InChI=1S/C15H20F3N3O2/c1-9(12-5-8-19-10(2)21-12)20-13(22)14(23)6-3-11(4-7-14)15(16,17)18/h5,8-9,11,23H,3-4,6-7H2,1-2H3,(H,20,22)/t9-,11?,14?/m0/s1. The number of carbonyl (C=O) groups excluding carboxylic acids is 1. The zero-order chi connectivity index (χ0) is 17.3. The third-order valence-corrected chi connectivity index (χ3v) is 4.29. The van der Waals surface area contributed by atoms with Crippen LogP contribution < -0.4 is 5.32 Å². The van der Waals surface area contributed by atoms with Gasteiger partial charge in [-0.05, 0) is 45.6 Å². The Labute approximate surface area is 132 Å². The summed E-state index contributed by atoms with van der Waals surface area (Å²) >= 11 is 0. The predicted molar refractivity (Wildman–Crippen MR) is 76.3 cm³/mol. The van der Waals surface area contributed by atoms with Crippen LogP contribution in [0.4, 0.5) is 13.2 Å². The fourth-order valence-electron chi connectivity index (χ4n) is 2.77. The van der Waals surface area contributed by atoms with Gasteiger partial charge in [0, 0.05) is 6.20 Å². The van der Waals surface area contributed by atoms with E-state index in [1.807, 2.05) is 0 Å². The Kier molecular flexibility index (Phi) is 4.93. The van der Waals surface area contributed by atoms with Crippen molar-refractivity contribution in [1.82, 2.24) is 15.3 Å². The average molecular weight is 331 g/mol. The van der Waals surface area contributed by atoms with Gasteiger partial charge in [-0.25, -0.2) is 9.97 Å². The zero-order valence-electron chi connectivity index (χ0n) is 13.0. The molecule has 1 aliphatic rings. The fraction of sp³-hybridized carbons (Fsp3) is 0.667. The van der Waals surface area contributed by atoms with Gasteiger partial charge in [0.1, 0.15) is 11.4 Å². The lowest BCUT2D eigenvalue weighted by molar-refractivity contribution is -0.194. The van der Waals surface area contributed by atoms with Crippen LogP contribution >= 0.6 is 0 Å². The molecule has 0 aromatic carbocycles. The number of rotatable bonds is 3. The molecule has 0 saturated heterocycles. The van der Waals surface area contributed by atoms with Crippen molar-refractivity contribution in [2.45, 2.75) is 57.3 Å². The number of carbonyl (C=O) groups is 1. The van der Waals surface area contributed by atoms with Gasteiger partial charge >= 0.3 is 6.18 Å². The molecule has 0 bridgehead atoms. The molecule has 0 spiro atoms. The number of aromatic nitrogens is 2. The van der Waals surface area contributed by atoms with E-state index in [1.54, 1.807) is 26.1 Å². The quantitative estimate of drug-likeness (QED) is 0.892. The van der Waals surface area contributed by atoms with E-state index < -0.39 is 29.6 Å². The van der Waals surface area contributed by atoms with Gasteiger partial charge in [0.05, 0.1) is 17.7 Å². The second-order valence-electron chi connectivity index (χ2n) is 6.07. The molecule has 2 N–H and O–H groups in total. The number of aliphatic hydroxyl groups is 1. The molecule has 1 aromatic rings. The van der Waals surface area contributed by atoms with Crippen LogP contribution in [0.3, 0.4) is 0 Å². The Morgan fingerprint density at radius 1 is 1.43 bits per heavy atom. The molecule has 1 amide bonds. The molecule has 1 aromatic heterocycles. The highest BCUT2D eigenvalue weighted by Crippen LogP contribution is 2.41. The summed E-state index contributed by atoms with van der Waals surface area (Å²) in [6.07, 6.45) is -3.59. The van der Waals surface area contributed by atoms with Gasteiger partial charge in [0.15, 0.2) is 0 Å². The van der Waals surface area contributed by atoms with Crippen molar-refractivity contribution in [3.63, 3.8) is 0 Å². The summed E-state index contributed by atoms with van der Waals surface area (Å²) in [7, 11) is 0. The smallest absolute Gasteiger partial charge is 0.380 e. The summed E-state index contributed by atoms with van der Waals surface area (Å²) in [6.45, 7) is 3.41. The van der Waals surface area contributed by atoms with Gasteiger partial charge in [-0.2, -0.15) is 13.2 Å².